The Morgan fingerprint density at radius 1 is 1.00 bits per heavy atom. The molecule has 1 fully saturated rings. The molecule has 0 spiro atoms. The number of piperidine rings is 1. The molecule has 19 heavy (non-hydrogen) atoms. The Balaban J connectivity index is 1.99. The van der Waals surface area contributed by atoms with Gasteiger partial charge in [0.2, 0.25) is 0 Å². The van der Waals surface area contributed by atoms with Crippen LogP contribution in [0.3, 0.4) is 0 Å². The van der Waals surface area contributed by atoms with Gasteiger partial charge in [0.25, 0.3) is 0 Å². The van der Waals surface area contributed by atoms with E-state index in [-0.39, 0.29) is 0 Å². The number of hydrogen-bond donors (Lipinski definition) is 1. The lowest BCUT2D eigenvalue weighted by molar-refractivity contribution is 0.208. The molecule has 0 aliphatic carbocycles. The molecule has 2 nitrogen and oxygen atoms in total. The second-order valence-electron chi connectivity index (χ2n) is 6.02. The lowest BCUT2D eigenvalue weighted by atomic mass is 9.98. The summed E-state index contributed by atoms with van der Waals surface area (Å²) in [6.45, 7) is 8.17. The highest BCUT2D eigenvalue weighted by Crippen LogP contribution is 2.20. The van der Waals surface area contributed by atoms with Gasteiger partial charge >= 0.3 is 0 Å². The van der Waals surface area contributed by atoms with Crippen LogP contribution in [-0.4, -0.2) is 31.6 Å². The van der Waals surface area contributed by atoms with Gasteiger partial charge in [-0.2, -0.15) is 0 Å². The van der Waals surface area contributed by atoms with Crippen LogP contribution < -0.4 is 5.32 Å². The van der Waals surface area contributed by atoms with Crippen LogP contribution in [0.4, 0.5) is 0 Å². The summed E-state index contributed by atoms with van der Waals surface area (Å²) in [4.78, 5) is 2.60. The summed E-state index contributed by atoms with van der Waals surface area (Å²) in [5, 5.41) is 3.47. The lowest BCUT2D eigenvalue weighted by Gasteiger charge is -2.30. The van der Waals surface area contributed by atoms with Gasteiger partial charge in [-0.3, -0.25) is 0 Å². The Kier molecular flexibility index (Phi) is 5.41. The summed E-state index contributed by atoms with van der Waals surface area (Å²) in [6, 6.07) is 9.60. The van der Waals surface area contributed by atoms with Gasteiger partial charge in [0.05, 0.1) is 0 Å². The van der Waals surface area contributed by atoms with Crippen LogP contribution in [0, 0.1) is 0 Å². The van der Waals surface area contributed by atoms with Crippen LogP contribution >= 0.6 is 0 Å². The van der Waals surface area contributed by atoms with E-state index < -0.39 is 0 Å². The van der Waals surface area contributed by atoms with Crippen LogP contribution in [0.25, 0.3) is 0 Å². The highest BCUT2D eigenvalue weighted by molar-refractivity contribution is 5.27. The average molecular weight is 260 g/mol. The van der Waals surface area contributed by atoms with Gasteiger partial charge < -0.3 is 10.2 Å². The van der Waals surface area contributed by atoms with Crippen molar-refractivity contribution in [3.8, 4) is 0 Å². The highest BCUT2D eigenvalue weighted by atomic mass is 15.1. The third-order valence-electron chi connectivity index (χ3n) is 4.24. The van der Waals surface area contributed by atoms with Gasteiger partial charge in [0, 0.05) is 12.6 Å². The minimum Gasteiger partial charge on any atom is -0.312 e. The van der Waals surface area contributed by atoms with Gasteiger partial charge in [-0.25, -0.2) is 0 Å². The second-order valence-corrected chi connectivity index (χ2v) is 6.02. The summed E-state index contributed by atoms with van der Waals surface area (Å²) in [5.41, 5.74) is 2.84. The number of likely N-dealkylation sites (N-methyl/N-ethyl adjacent to an activating group) is 1. The number of benzene rings is 1. The van der Waals surface area contributed by atoms with E-state index in [1.165, 1.54) is 43.5 Å². The first-order valence-corrected chi connectivity index (χ1v) is 7.70. The fraction of sp³-hybridized carbons (Fsp3) is 0.647. The summed E-state index contributed by atoms with van der Waals surface area (Å²) in [5.74, 6) is 0.615. The van der Waals surface area contributed by atoms with Crippen molar-refractivity contribution < 1.29 is 0 Å². The van der Waals surface area contributed by atoms with Crippen molar-refractivity contribution in [2.75, 3.05) is 26.7 Å². The molecule has 1 saturated heterocycles. The molecule has 1 N–H and O–H groups in total. The predicted octanol–water partition coefficient (Wildman–Crippen LogP) is 3.56. The molecule has 0 bridgehead atoms. The summed E-state index contributed by atoms with van der Waals surface area (Å²) in [7, 11) is 2.07. The summed E-state index contributed by atoms with van der Waals surface area (Å²) in [6.07, 6.45) is 4.13. The average Bonchev–Trinajstić information content (AvgIpc) is 2.46. The maximum absolute atomic E-state index is 3.47. The predicted molar refractivity (Wildman–Crippen MR) is 82.6 cm³/mol. The third kappa shape index (κ3) is 4.05. The van der Waals surface area contributed by atoms with Crippen molar-refractivity contribution in [1.29, 1.82) is 0 Å². The van der Waals surface area contributed by atoms with Gasteiger partial charge in [-0.1, -0.05) is 44.5 Å². The molecule has 1 aliphatic heterocycles. The first-order chi connectivity index (χ1) is 9.20. The molecule has 1 aliphatic rings. The van der Waals surface area contributed by atoms with E-state index >= 15 is 0 Å². The zero-order chi connectivity index (χ0) is 13.7. The first kappa shape index (κ1) is 14.5. The molecule has 1 atom stereocenters. The maximum atomic E-state index is 3.47. The minimum absolute atomic E-state index is 0.458. The fourth-order valence-electron chi connectivity index (χ4n) is 2.88. The minimum atomic E-state index is 0.458. The zero-order valence-electron chi connectivity index (χ0n) is 12.7. The first-order valence-electron chi connectivity index (χ1n) is 7.70. The van der Waals surface area contributed by atoms with E-state index in [1.54, 1.807) is 0 Å². The van der Waals surface area contributed by atoms with Crippen molar-refractivity contribution in [2.45, 2.75) is 45.1 Å². The molecule has 1 heterocycles. The number of nitrogens with one attached hydrogen (secondary N) is 1. The molecule has 1 aromatic rings. The smallest absolute Gasteiger partial charge is 0.0446 e. The molecule has 106 valence electrons. The Bertz CT molecular complexity index is 363. The zero-order valence-corrected chi connectivity index (χ0v) is 12.7. The van der Waals surface area contributed by atoms with Gasteiger partial charge in [0.1, 0.15) is 0 Å². The summed E-state index contributed by atoms with van der Waals surface area (Å²) >= 11 is 0. The van der Waals surface area contributed by atoms with Crippen molar-refractivity contribution in [3.05, 3.63) is 35.4 Å². The van der Waals surface area contributed by atoms with E-state index in [4.69, 9.17) is 0 Å². The Hall–Kier alpha value is -0.860. The molecule has 1 unspecified atom stereocenters. The van der Waals surface area contributed by atoms with Gasteiger partial charge in [0.15, 0.2) is 0 Å². The Labute approximate surface area is 118 Å². The van der Waals surface area contributed by atoms with E-state index in [2.05, 4.69) is 55.4 Å². The fourth-order valence-corrected chi connectivity index (χ4v) is 2.88. The topological polar surface area (TPSA) is 15.3 Å². The SMILES string of the molecule is CNC(CN1CCCCC1)c1ccc(C(C)C)cc1. The van der Waals surface area contributed by atoms with Crippen molar-refractivity contribution in [2.24, 2.45) is 0 Å². The van der Waals surface area contributed by atoms with Crippen LogP contribution in [-0.2, 0) is 0 Å². The molecule has 0 radical (unpaired) electrons. The number of rotatable bonds is 5. The summed E-state index contributed by atoms with van der Waals surface area (Å²) < 4.78 is 0. The monoisotopic (exact) mass is 260 g/mol. The molecule has 0 saturated carbocycles. The number of likely N-dealkylation sites (tertiary alicyclic amines) is 1. The normalized spacial score (nSPS) is 18.7. The second kappa shape index (κ2) is 7.06. The van der Waals surface area contributed by atoms with Crippen molar-refractivity contribution in [1.82, 2.24) is 10.2 Å². The van der Waals surface area contributed by atoms with Crippen LogP contribution in [0.15, 0.2) is 24.3 Å². The molecule has 1 aromatic carbocycles. The molecular weight excluding hydrogens is 232 g/mol. The molecule has 2 rings (SSSR count). The largest absolute Gasteiger partial charge is 0.312 e. The van der Waals surface area contributed by atoms with Gasteiger partial charge in [-0.15, -0.1) is 0 Å². The van der Waals surface area contributed by atoms with Crippen LogP contribution in [0.5, 0.6) is 0 Å². The number of hydrogen-bond acceptors (Lipinski definition) is 2. The highest BCUT2D eigenvalue weighted by Gasteiger charge is 2.16. The van der Waals surface area contributed by atoms with Crippen LogP contribution in [0.2, 0.25) is 0 Å². The standard InChI is InChI=1S/C17H28N2/c1-14(2)15-7-9-16(10-8-15)17(18-3)13-19-11-5-4-6-12-19/h7-10,14,17-18H,4-6,11-13H2,1-3H3. The molecular formula is C17H28N2. The van der Waals surface area contributed by atoms with E-state index in [0.717, 1.165) is 6.54 Å². The van der Waals surface area contributed by atoms with Gasteiger partial charge in [-0.05, 0) is 50.0 Å². The van der Waals surface area contributed by atoms with E-state index in [9.17, 15) is 0 Å². The lowest BCUT2D eigenvalue weighted by Crippen LogP contribution is -2.37. The molecule has 0 aromatic heterocycles. The van der Waals surface area contributed by atoms with Crippen molar-refractivity contribution >= 4 is 0 Å². The van der Waals surface area contributed by atoms with Crippen molar-refractivity contribution in [3.63, 3.8) is 0 Å². The number of nitrogens with zero attached hydrogens (tertiary/aromatic N) is 1. The molecule has 0 amide bonds. The van der Waals surface area contributed by atoms with E-state index in [0.29, 0.717) is 12.0 Å². The third-order valence-corrected chi connectivity index (χ3v) is 4.24. The molecule has 2 heteroatoms. The Morgan fingerprint density at radius 3 is 2.11 bits per heavy atom. The Morgan fingerprint density at radius 2 is 1.58 bits per heavy atom. The van der Waals surface area contributed by atoms with E-state index in [1.807, 2.05) is 0 Å². The van der Waals surface area contributed by atoms with Crippen LogP contribution in [0.1, 0.15) is 56.2 Å². The maximum Gasteiger partial charge on any atom is 0.0446 e. The quantitative estimate of drug-likeness (QED) is 0.871.